The standard InChI is InChI=1S/C12H23N3OS/c1-15(11-2-4-13-5-3-11)12(16)8-10-9-17-7-6-14-10/h10-11,13-14H,2-9H2,1H3. The molecule has 1 amide bonds. The van der Waals surface area contributed by atoms with Crippen molar-refractivity contribution in [1.29, 1.82) is 0 Å². The number of nitrogens with zero attached hydrogens (tertiary/aromatic N) is 1. The van der Waals surface area contributed by atoms with E-state index in [1.54, 1.807) is 0 Å². The van der Waals surface area contributed by atoms with Gasteiger partial charge in [0.2, 0.25) is 5.91 Å². The summed E-state index contributed by atoms with van der Waals surface area (Å²) in [4.78, 5) is 14.1. The lowest BCUT2D eigenvalue weighted by Crippen LogP contribution is -2.47. The van der Waals surface area contributed by atoms with E-state index in [4.69, 9.17) is 0 Å². The third-order valence-electron chi connectivity index (χ3n) is 3.67. The molecule has 2 heterocycles. The molecule has 0 aromatic carbocycles. The minimum absolute atomic E-state index is 0.303. The van der Waals surface area contributed by atoms with Gasteiger partial charge < -0.3 is 15.5 Å². The number of hydrogen-bond donors (Lipinski definition) is 2. The first-order chi connectivity index (χ1) is 8.27. The second-order valence-corrected chi connectivity index (χ2v) is 6.07. The minimum Gasteiger partial charge on any atom is -0.343 e. The summed E-state index contributed by atoms with van der Waals surface area (Å²) < 4.78 is 0. The highest BCUT2D eigenvalue weighted by atomic mass is 32.2. The lowest BCUT2D eigenvalue weighted by Gasteiger charge is -2.33. The molecular formula is C12H23N3OS. The van der Waals surface area contributed by atoms with Crippen LogP contribution >= 0.6 is 11.8 Å². The summed E-state index contributed by atoms with van der Waals surface area (Å²) in [5, 5.41) is 6.76. The van der Waals surface area contributed by atoms with E-state index in [9.17, 15) is 4.79 Å². The maximum Gasteiger partial charge on any atom is 0.224 e. The van der Waals surface area contributed by atoms with Gasteiger partial charge >= 0.3 is 0 Å². The summed E-state index contributed by atoms with van der Waals surface area (Å²) in [6.45, 7) is 3.12. The Balaban J connectivity index is 1.77. The number of carbonyl (C=O) groups excluding carboxylic acids is 1. The largest absolute Gasteiger partial charge is 0.343 e. The molecular weight excluding hydrogens is 234 g/mol. The van der Waals surface area contributed by atoms with E-state index in [0.29, 0.717) is 24.4 Å². The number of rotatable bonds is 3. The van der Waals surface area contributed by atoms with Gasteiger partial charge in [-0.3, -0.25) is 4.79 Å². The second-order valence-electron chi connectivity index (χ2n) is 4.92. The first-order valence-electron chi connectivity index (χ1n) is 6.55. The van der Waals surface area contributed by atoms with E-state index < -0.39 is 0 Å². The van der Waals surface area contributed by atoms with Crippen LogP contribution in [0.5, 0.6) is 0 Å². The quantitative estimate of drug-likeness (QED) is 0.763. The van der Waals surface area contributed by atoms with Gasteiger partial charge in [-0.1, -0.05) is 0 Å². The fraction of sp³-hybridized carbons (Fsp3) is 0.917. The number of hydrogen-bond acceptors (Lipinski definition) is 4. The van der Waals surface area contributed by atoms with Crippen LogP contribution in [0.4, 0.5) is 0 Å². The molecule has 0 aromatic heterocycles. The molecule has 0 spiro atoms. The number of amides is 1. The molecule has 2 fully saturated rings. The molecule has 0 saturated carbocycles. The molecule has 5 heteroatoms. The van der Waals surface area contributed by atoms with Crippen LogP contribution in [0, 0.1) is 0 Å². The van der Waals surface area contributed by atoms with Crippen LogP contribution in [0.15, 0.2) is 0 Å². The molecule has 2 aliphatic rings. The number of thioether (sulfide) groups is 1. The van der Waals surface area contributed by atoms with Gasteiger partial charge in [-0.25, -0.2) is 0 Å². The molecule has 2 rings (SSSR count). The Morgan fingerprint density at radius 2 is 2.12 bits per heavy atom. The summed E-state index contributed by atoms with van der Waals surface area (Å²) in [5.74, 6) is 2.55. The van der Waals surface area contributed by atoms with Crippen LogP contribution in [-0.2, 0) is 4.79 Å². The Labute approximate surface area is 108 Å². The van der Waals surface area contributed by atoms with Crippen LogP contribution in [0.1, 0.15) is 19.3 Å². The lowest BCUT2D eigenvalue weighted by molar-refractivity contribution is -0.132. The second kappa shape index (κ2) is 6.61. The molecule has 0 aliphatic carbocycles. The molecule has 17 heavy (non-hydrogen) atoms. The average Bonchev–Trinajstić information content (AvgIpc) is 2.40. The van der Waals surface area contributed by atoms with Crippen molar-refractivity contribution >= 4 is 17.7 Å². The van der Waals surface area contributed by atoms with E-state index in [-0.39, 0.29) is 0 Å². The zero-order valence-corrected chi connectivity index (χ0v) is 11.4. The third kappa shape index (κ3) is 3.86. The topological polar surface area (TPSA) is 44.4 Å². The predicted octanol–water partition coefficient (Wildman–Crippen LogP) is 0.292. The molecule has 2 saturated heterocycles. The number of nitrogens with one attached hydrogen (secondary N) is 2. The smallest absolute Gasteiger partial charge is 0.224 e. The molecule has 0 aromatic rings. The van der Waals surface area contributed by atoms with Crippen molar-refractivity contribution in [2.24, 2.45) is 0 Å². The Morgan fingerprint density at radius 3 is 2.76 bits per heavy atom. The van der Waals surface area contributed by atoms with Gasteiger partial charge in [-0.05, 0) is 25.9 Å². The van der Waals surface area contributed by atoms with Crippen LogP contribution in [0.2, 0.25) is 0 Å². The van der Waals surface area contributed by atoms with Crippen LogP contribution in [-0.4, -0.2) is 61.1 Å². The van der Waals surface area contributed by atoms with Gasteiger partial charge in [0.05, 0.1) is 0 Å². The monoisotopic (exact) mass is 257 g/mol. The first-order valence-corrected chi connectivity index (χ1v) is 7.70. The summed E-state index contributed by atoms with van der Waals surface area (Å²) in [7, 11) is 1.97. The first kappa shape index (κ1) is 13.2. The van der Waals surface area contributed by atoms with Crippen molar-refractivity contribution in [2.45, 2.75) is 31.3 Å². The van der Waals surface area contributed by atoms with Crippen molar-refractivity contribution in [3.05, 3.63) is 0 Å². The molecule has 98 valence electrons. The molecule has 2 aliphatic heterocycles. The number of carbonyl (C=O) groups is 1. The van der Waals surface area contributed by atoms with Crippen molar-refractivity contribution in [1.82, 2.24) is 15.5 Å². The van der Waals surface area contributed by atoms with Crippen molar-refractivity contribution in [2.75, 3.05) is 38.2 Å². The van der Waals surface area contributed by atoms with E-state index >= 15 is 0 Å². The van der Waals surface area contributed by atoms with E-state index in [2.05, 4.69) is 10.6 Å². The minimum atomic E-state index is 0.303. The van der Waals surface area contributed by atoms with Crippen LogP contribution in [0.25, 0.3) is 0 Å². The molecule has 2 N–H and O–H groups in total. The zero-order chi connectivity index (χ0) is 12.1. The van der Waals surface area contributed by atoms with Crippen LogP contribution < -0.4 is 10.6 Å². The Morgan fingerprint density at radius 1 is 1.35 bits per heavy atom. The van der Waals surface area contributed by atoms with Gasteiger partial charge in [0, 0.05) is 43.6 Å². The Hall–Kier alpha value is -0.260. The molecule has 1 unspecified atom stereocenters. The fourth-order valence-electron chi connectivity index (χ4n) is 2.50. The van der Waals surface area contributed by atoms with Gasteiger partial charge in [0.1, 0.15) is 0 Å². The SMILES string of the molecule is CN(C(=O)CC1CSCCN1)C1CCNCC1. The van der Waals surface area contributed by atoms with Crippen molar-refractivity contribution in [3.8, 4) is 0 Å². The molecule has 1 atom stereocenters. The number of piperidine rings is 1. The maximum absolute atomic E-state index is 12.2. The summed E-state index contributed by atoms with van der Waals surface area (Å²) in [5.41, 5.74) is 0. The van der Waals surface area contributed by atoms with Gasteiger partial charge in [-0.2, -0.15) is 11.8 Å². The normalized spacial score (nSPS) is 26.8. The third-order valence-corrected chi connectivity index (χ3v) is 4.80. The maximum atomic E-state index is 12.2. The highest BCUT2D eigenvalue weighted by molar-refractivity contribution is 7.99. The summed E-state index contributed by atoms with van der Waals surface area (Å²) in [6, 6.07) is 0.824. The average molecular weight is 257 g/mol. The predicted molar refractivity (Wildman–Crippen MR) is 72.4 cm³/mol. The lowest BCUT2D eigenvalue weighted by atomic mass is 10.0. The zero-order valence-electron chi connectivity index (χ0n) is 10.6. The van der Waals surface area contributed by atoms with Gasteiger partial charge in [-0.15, -0.1) is 0 Å². The molecule has 0 radical (unpaired) electrons. The van der Waals surface area contributed by atoms with Gasteiger partial charge in [0.25, 0.3) is 0 Å². The van der Waals surface area contributed by atoms with Crippen LogP contribution in [0.3, 0.4) is 0 Å². The van der Waals surface area contributed by atoms with E-state index in [0.717, 1.165) is 38.2 Å². The van der Waals surface area contributed by atoms with Crippen molar-refractivity contribution in [3.63, 3.8) is 0 Å². The van der Waals surface area contributed by atoms with E-state index in [1.807, 2.05) is 23.7 Å². The van der Waals surface area contributed by atoms with Crippen molar-refractivity contribution < 1.29 is 4.79 Å². The van der Waals surface area contributed by atoms with E-state index in [1.165, 1.54) is 5.75 Å². The Bertz CT molecular complexity index is 250. The van der Waals surface area contributed by atoms with Gasteiger partial charge in [0.15, 0.2) is 0 Å². The summed E-state index contributed by atoms with van der Waals surface area (Å²) in [6.07, 6.45) is 2.84. The molecule has 0 bridgehead atoms. The fourth-order valence-corrected chi connectivity index (χ4v) is 3.45. The highest BCUT2D eigenvalue weighted by Gasteiger charge is 2.24. The molecule has 4 nitrogen and oxygen atoms in total. The summed E-state index contributed by atoms with van der Waals surface area (Å²) >= 11 is 1.95. The highest BCUT2D eigenvalue weighted by Crippen LogP contribution is 2.15. The Kier molecular flexibility index (Phi) is 5.13.